The quantitative estimate of drug-likeness (QED) is 0.412. The number of nitro groups is 1. The zero-order valence-electron chi connectivity index (χ0n) is 6.31. The van der Waals surface area contributed by atoms with Crippen LogP contribution in [0.25, 0.3) is 0 Å². The number of rotatable bonds is 3. The number of nitrogens with zero attached hydrogens (tertiary/aromatic N) is 1. The minimum atomic E-state index is -0.784. The Balaban J connectivity index is 2.88. The van der Waals surface area contributed by atoms with E-state index in [-0.39, 0.29) is 10.8 Å². The van der Waals surface area contributed by atoms with Crippen LogP contribution >= 0.6 is 11.6 Å². The monoisotopic (exact) mass is 185 g/mol. The van der Waals surface area contributed by atoms with Gasteiger partial charge in [0.05, 0.1) is 5.88 Å². The fraction of sp³-hybridized carbons (Fsp3) is 0.250. The Hall–Kier alpha value is -1.09. The molecule has 1 unspecified atom stereocenters. The fourth-order valence-corrected chi connectivity index (χ4v) is 1.23. The summed E-state index contributed by atoms with van der Waals surface area (Å²) in [5.74, 6) is 0.0109. The van der Waals surface area contributed by atoms with Crippen molar-refractivity contribution >= 4 is 11.6 Å². The third-order valence-corrected chi connectivity index (χ3v) is 1.88. The molecule has 1 aromatic rings. The predicted octanol–water partition coefficient (Wildman–Crippen LogP) is 2.24. The Morgan fingerprint density at radius 2 is 2.00 bits per heavy atom. The molecule has 0 heterocycles. The molecular weight excluding hydrogens is 178 g/mol. The zero-order valence-corrected chi connectivity index (χ0v) is 7.07. The van der Waals surface area contributed by atoms with Crippen LogP contribution in [0.2, 0.25) is 0 Å². The third-order valence-electron chi connectivity index (χ3n) is 1.58. The van der Waals surface area contributed by atoms with E-state index in [1.54, 1.807) is 24.3 Å². The standard InChI is InChI=1S/C8H8ClNO2/c9-6-8(10(11)12)7-4-2-1-3-5-7/h1-5,8H,6H2. The summed E-state index contributed by atoms with van der Waals surface area (Å²) in [7, 11) is 0. The van der Waals surface area contributed by atoms with E-state index in [1.807, 2.05) is 6.07 Å². The van der Waals surface area contributed by atoms with Gasteiger partial charge in [0.2, 0.25) is 0 Å². The summed E-state index contributed by atoms with van der Waals surface area (Å²) in [6.07, 6.45) is 0. The van der Waals surface area contributed by atoms with Crippen LogP contribution in [-0.2, 0) is 0 Å². The Bertz CT molecular complexity index is 263. The molecule has 1 rings (SSSR count). The normalized spacial score (nSPS) is 12.4. The van der Waals surface area contributed by atoms with E-state index in [9.17, 15) is 10.1 Å². The van der Waals surface area contributed by atoms with Gasteiger partial charge in [0.15, 0.2) is 0 Å². The second-order valence-electron chi connectivity index (χ2n) is 2.37. The summed E-state index contributed by atoms with van der Waals surface area (Å²) in [5.41, 5.74) is 0.650. The Morgan fingerprint density at radius 1 is 1.42 bits per heavy atom. The van der Waals surface area contributed by atoms with Gasteiger partial charge in [0.25, 0.3) is 6.04 Å². The first kappa shape index (κ1) is 9.00. The maximum Gasteiger partial charge on any atom is 0.251 e. The highest BCUT2D eigenvalue weighted by Gasteiger charge is 2.20. The lowest BCUT2D eigenvalue weighted by Crippen LogP contribution is -2.11. The highest BCUT2D eigenvalue weighted by Crippen LogP contribution is 2.16. The number of benzene rings is 1. The molecule has 0 spiro atoms. The van der Waals surface area contributed by atoms with E-state index in [1.165, 1.54) is 0 Å². The van der Waals surface area contributed by atoms with Gasteiger partial charge in [-0.2, -0.15) is 0 Å². The lowest BCUT2D eigenvalue weighted by molar-refractivity contribution is -0.523. The predicted molar refractivity (Wildman–Crippen MR) is 46.9 cm³/mol. The molecule has 0 aliphatic heterocycles. The van der Waals surface area contributed by atoms with Gasteiger partial charge in [-0.15, -0.1) is 11.6 Å². The largest absolute Gasteiger partial charge is 0.264 e. The summed E-state index contributed by atoms with van der Waals surface area (Å²) in [6.45, 7) is 0. The molecule has 0 saturated heterocycles. The first-order valence-electron chi connectivity index (χ1n) is 3.50. The van der Waals surface area contributed by atoms with Crippen LogP contribution in [0, 0.1) is 10.1 Å². The van der Waals surface area contributed by atoms with Crippen molar-refractivity contribution in [3.63, 3.8) is 0 Å². The van der Waals surface area contributed by atoms with Crippen LogP contribution in [0.1, 0.15) is 11.6 Å². The molecule has 0 saturated carbocycles. The minimum Gasteiger partial charge on any atom is -0.264 e. The Kier molecular flexibility index (Phi) is 3.05. The van der Waals surface area contributed by atoms with Gasteiger partial charge in [-0.25, -0.2) is 0 Å². The van der Waals surface area contributed by atoms with Crippen molar-refractivity contribution in [3.05, 3.63) is 46.0 Å². The van der Waals surface area contributed by atoms with E-state index >= 15 is 0 Å². The lowest BCUT2D eigenvalue weighted by Gasteiger charge is -2.04. The topological polar surface area (TPSA) is 43.1 Å². The van der Waals surface area contributed by atoms with Crippen molar-refractivity contribution in [3.8, 4) is 0 Å². The molecule has 0 aliphatic carbocycles. The molecule has 0 fully saturated rings. The molecule has 3 nitrogen and oxygen atoms in total. The van der Waals surface area contributed by atoms with Crippen molar-refractivity contribution < 1.29 is 4.92 Å². The van der Waals surface area contributed by atoms with Gasteiger partial charge in [-0.3, -0.25) is 10.1 Å². The van der Waals surface area contributed by atoms with Gasteiger partial charge in [0, 0.05) is 10.5 Å². The summed E-state index contributed by atoms with van der Waals surface area (Å²) >= 11 is 5.46. The fourth-order valence-electron chi connectivity index (χ4n) is 0.942. The lowest BCUT2D eigenvalue weighted by atomic mass is 10.1. The molecule has 0 bridgehead atoms. The summed E-state index contributed by atoms with van der Waals surface area (Å²) in [4.78, 5) is 10.1. The van der Waals surface area contributed by atoms with Crippen molar-refractivity contribution in [1.82, 2.24) is 0 Å². The molecule has 4 heteroatoms. The van der Waals surface area contributed by atoms with Crippen LogP contribution < -0.4 is 0 Å². The van der Waals surface area contributed by atoms with Crippen molar-refractivity contribution in [2.24, 2.45) is 0 Å². The molecular formula is C8H8ClNO2. The molecule has 0 N–H and O–H groups in total. The van der Waals surface area contributed by atoms with E-state index < -0.39 is 6.04 Å². The maximum atomic E-state index is 10.5. The third kappa shape index (κ3) is 1.95. The van der Waals surface area contributed by atoms with Gasteiger partial charge in [-0.1, -0.05) is 30.3 Å². The van der Waals surface area contributed by atoms with Gasteiger partial charge in [-0.05, 0) is 0 Å². The van der Waals surface area contributed by atoms with Gasteiger partial charge in [0.1, 0.15) is 0 Å². The Labute approximate surface area is 75.1 Å². The average molecular weight is 186 g/mol. The van der Waals surface area contributed by atoms with E-state index in [0.717, 1.165) is 0 Å². The zero-order chi connectivity index (χ0) is 8.97. The molecule has 0 aromatic heterocycles. The molecule has 1 atom stereocenters. The number of alkyl halides is 1. The SMILES string of the molecule is O=[N+]([O-])C(CCl)c1ccccc1. The highest BCUT2D eigenvalue weighted by atomic mass is 35.5. The van der Waals surface area contributed by atoms with Gasteiger partial charge < -0.3 is 0 Å². The maximum absolute atomic E-state index is 10.5. The highest BCUT2D eigenvalue weighted by molar-refractivity contribution is 6.18. The molecule has 0 amide bonds. The summed E-state index contributed by atoms with van der Waals surface area (Å²) in [5, 5.41) is 10.5. The van der Waals surface area contributed by atoms with E-state index in [0.29, 0.717) is 5.56 Å². The van der Waals surface area contributed by atoms with E-state index in [2.05, 4.69) is 0 Å². The minimum absolute atomic E-state index is 0.0109. The number of hydrogen-bond acceptors (Lipinski definition) is 2. The second kappa shape index (κ2) is 4.07. The van der Waals surface area contributed by atoms with Crippen LogP contribution in [0.15, 0.2) is 30.3 Å². The molecule has 64 valence electrons. The van der Waals surface area contributed by atoms with Gasteiger partial charge >= 0.3 is 0 Å². The van der Waals surface area contributed by atoms with Crippen LogP contribution in [0.3, 0.4) is 0 Å². The van der Waals surface area contributed by atoms with Crippen LogP contribution in [-0.4, -0.2) is 10.8 Å². The van der Waals surface area contributed by atoms with Crippen molar-refractivity contribution in [2.75, 3.05) is 5.88 Å². The molecule has 12 heavy (non-hydrogen) atoms. The van der Waals surface area contributed by atoms with Crippen molar-refractivity contribution in [1.29, 1.82) is 0 Å². The van der Waals surface area contributed by atoms with E-state index in [4.69, 9.17) is 11.6 Å². The molecule has 0 aliphatic rings. The molecule has 1 aromatic carbocycles. The Morgan fingerprint density at radius 3 is 2.42 bits per heavy atom. The first-order valence-corrected chi connectivity index (χ1v) is 4.03. The first-order chi connectivity index (χ1) is 5.75. The smallest absolute Gasteiger partial charge is 0.251 e. The van der Waals surface area contributed by atoms with Crippen molar-refractivity contribution in [2.45, 2.75) is 6.04 Å². The average Bonchev–Trinajstić information content (AvgIpc) is 2.07. The van der Waals surface area contributed by atoms with Crippen LogP contribution in [0.4, 0.5) is 0 Å². The summed E-state index contributed by atoms with van der Waals surface area (Å²) in [6, 6.07) is 7.96. The molecule has 0 radical (unpaired) electrons. The number of halogens is 1. The number of hydrogen-bond donors (Lipinski definition) is 0. The second-order valence-corrected chi connectivity index (χ2v) is 2.67. The summed E-state index contributed by atoms with van der Waals surface area (Å²) < 4.78 is 0. The van der Waals surface area contributed by atoms with Crippen LogP contribution in [0.5, 0.6) is 0 Å².